The SMILES string of the molecule is COc1cc(CNCCN(C)C)ccc1OCc1ccccc1.Cl.Cl. The van der Waals surface area contributed by atoms with E-state index >= 15 is 0 Å². The maximum Gasteiger partial charge on any atom is 0.161 e. The molecule has 6 heteroatoms. The van der Waals surface area contributed by atoms with Crippen LogP contribution in [0.1, 0.15) is 11.1 Å². The first-order valence-electron chi connectivity index (χ1n) is 7.88. The monoisotopic (exact) mass is 386 g/mol. The Morgan fingerprint density at radius 3 is 2.28 bits per heavy atom. The zero-order valence-electron chi connectivity index (χ0n) is 15.0. The third kappa shape index (κ3) is 8.45. The molecule has 0 saturated heterocycles. The van der Waals surface area contributed by atoms with Gasteiger partial charge in [-0.25, -0.2) is 0 Å². The van der Waals surface area contributed by atoms with Crippen molar-refractivity contribution in [2.75, 3.05) is 34.3 Å². The lowest BCUT2D eigenvalue weighted by molar-refractivity contribution is 0.284. The number of ether oxygens (including phenoxy) is 2. The Hall–Kier alpha value is -1.46. The van der Waals surface area contributed by atoms with E-state index in [1.807, 2.05) is 30.3 Å². The summed E-state index contributed by atoms with van der Waals surface area (Å²) in [4.78, 5) is 2.16. The fourth-order valence-corrected chi connectivity index (χ4v) is 2.21. The van der Waals surface area contributed by atoms with Crippen molar-refractivity contribution in [3.63, 3.8) is 0 Å². The van der Waals surface area contributed by atoms with Crippen LogP contribution < -0.4 is 14.8 Å². The first-order valence-corrected chi connectivity index (χ1v) is 7.88. The predicted molar refractivity (Wildman–Crippen MR) is 109 cm³/mol. The zero-order chi connectivity index (χ0) is 16.5. The average Bonchev–Trinajstić information content (AvgIpc) is 2.58. The molecule has 0 atom stereocenters. The van der Waals surface area contributed by atoms with Crippen molar-refractivity contribution in [2.24, 2.45) is 0 Å². The van der Waals surface area contributed by atoms with Gasteiger partial charge in [0.25, 0.3) is 0 Å². The first-order chi connectivity index (χ1) is 11.2. The molecule has 0 radical (unpaired) electrons. The lowest BCUT2D eigenvalue weighted by atomic mass is 10.2. The Labute approximate surface area is 163 Å². The van der Waals surface area contributed by atoms with Crippen LogP contribution in [0, 0.1) is 0 Å². The van der Waals surface area contributed by atoms with E-state index in [1.165, 1.54) is 5.56 Å². The normalized spacial score (nSPS) is 9.92. The summed E-state index contributed by atoms with van der Waals surface area (Å²) in [5, 5.41) is 3.42. The molecule has 2 rings (SSSR count). The highest BCUT2D eigenvalue weighted by molar-refractivity contribution is 5.85. The summed E-state index contributed by atoms with van der Waals surface area (Å²) in [5.74, 6) is 1.54. The Balaban J connectivity index is 0.00000288. The molecule has 0 amide bonds. The van der Waals surface area contributed by atoms with Crippen LogP contribution in [-0.4, -0.2) is 39.2 Å². The minimum absolute atomic E-state index is 0. The lowest BCUT2D eigenvalue weighted by Crippen LogP contribution is -2.26. The fourth-order valence-electron chi connectivity index (χ4n) is 2.21. The van der Waals surface area contributed by atoms with E-state index in [2.05, 4.69) is 42.5 Å². The van der Waals surface area contributed by atoms with Crippen molar-refractivity contribution in [1.29, 1.82) is 0 Å². The van der Waals surface area contributed by atoms with Crippen molar-refractivity contribution < 1.29 is 9.47 Å². The van der Waals surface area contributed by atoms with E-state index in [4.69, 9.17) is 9.47 Å². The Kier molecular flexibility index (Phi) is 12.1. The summed E-state index contributed by atoms with van der Waals surface area (Å²) < 4.78 is 11.3. The second kappa shape index (κ2) is 12.8. The number of methoxy groups -OCH3 is 1. The molecule has 1 N–H and O–H groups in total. The number of likely N-dealkylation sites (N-methyl/N-ethyl adjacent to an activating group) is 1. The van der Waals surface area contributed by atoms with Crippen LogP contribution >= 0.6 is 24.8 Å². The van der Waals surface area contributed by atoms with Crippen LogP contribution in [0.5, 0.6) is 11.5 Å². The van der Waals surface area contributed by atoms with E-state index in [0.29, 0.717) is 6.61 Å². The number of nitrogens with one attached hydrogen (secondary N) is 1. The maximum atomic E-state index is 5.87. The smallest absolute Gasteiger partial charge is 0.161 e. The lowest BCUT2D eigenvalue weighted by Gasteiger charge is -2.13. The van der Waals surface area contributed by atoms with Crippen molar-refractivity contribution in [1.82, 2.24) is 10.2 Å². The van der Waals surface area contributed by atoms with Gasteiger partial charge >= 0.3 is 0 Å². The Morgan fingerprint density at radius 1 is 0.920 bits per heavy atom. The topological polar surface area (TPSA) is 33.7 Å². The molecule has 140 valence electrons. The van der Waals surface area contributed by atoms with Gasteiger partial charge in [-0.15, -0.1) is 24.8 Å². The van der Waals surface area contributed by atoms with Gasteiger partial charge in [0.1, 0.15) is 6.61 Å². The average molecular weight is 387 g/mol. The zero-order valence-corrected chi connectivity index (χ0v) is 16.7. The van der Waals surface area contributed by atoms with E-state index in [1.54, 1.807) is 7.11 Å². The molecule has 4 nitrogen and oxygen atoms in total. The van der Waals surface area contributed by atoms with Crippen molar-refractivity contribution >= 4 is 24.8 Å². The van der Waals surface area contributed by atoms with Crippen LogP contribution in [0.25, 0.3) is 0 Å². The second-order valence-corrected chi connectivity index (χ2v) is 5.74. The molecule has 25 heavy (non-hydrogen) atoms. The van der Waals surface area contributed by atoms with Crippen LogP contribution in [0.3, 0.4) is 0 Å². The van der Waals surface area contributed by atoms with E-state index in [9.17, 15) is 0 Å². The van der Waals surface area contributed by atoms with E-state index in [-0.39, 0.29) is 24.8 Å². The van der Waals surface area contributed by atoms with Gasteiger partial charge < -0.3 is 19.7 Å². The van der Waals surface area contributed by atoms with Crippen LogP contribution in [-0.2, 0) is 13.2 Å². The molecule has 0 aromatic heterocycles. The summed E-state index contributed by atoms with van der Waals surface area (Å²) in [5.41, 5.74) is 2.33. The summed E-state index contributed by atoms with van der Waals surface area (Å²) in [6, 6.07) is 16.2. The molecule has 2 aromatic rings. The molecule has 0 heterocycles. The summed E-state index contributed by atoms with van der Waals surface area (Å²) in [6.07, 6.45) is 0. The summed E-state index contributed by atoms with van der Waals surface area (Å²) >= 11 is 0. The quantitative estimate of drug-likeness (QED) is 0.665. The van der Waals surface area contributed by atoms with Crippen molar-refractivity contribution in [3.8, 4) is 11.5 Å². The highest BCUT2D eigenvalue weighted by Crippen LogP contribution is 2.28. The third-order valence-electron chi connectivity index (χ3n) is 3.53. The fraction of sp³-hybridized carbons (Fsp3) is 0.368. The van der Waals surface area contributed by atoms with Gasteiger partial charge in [0.2, 0.25) is 0 Å². The van der Waals surface area contributed by atoms with Crippen LogP contribution in [0.4, 0.5) is 0 Å². The van der Waals surface area contributed by atoms with Gasteiger partial charge in [-0.1, -0.05) is 36.4 Å². The van der Waals surface area contributed by atoms with Gasteiger partial charge in [0.15, 0.2) is 11.5 Å². The molecule has 2 aromatic carbocycles. The highest BCUT2D eigenvalue weighted by Gasteiger charge is 2.06. The number of hydrogen-bond donors (Lipinski definition) is 1. The number of hydrogen-bond acceptors (Lipinski definition) is 4. The molecule has 0 saturated carbocycles. The van der Waals surface area contributed by atoms with E-state index in [0.717, 1.165) is 36.7 Å². The standard InChI is InChI=1S/C19H26N2O2.2ClH/c1-21(2)12-11-20-14-17-9-10-18(19(13-17)22-3)23-15-16-7-5-4-6-8-16;;/h4-10,13,20H,11-12,14-15H2,1-3H3;2*1H. The molecule has 0 aliphatic heterocycles. The summed E-state index contributed by atoms with van der Waals surface area (Å²) in [6.45, 7) is 3.35. The molecule has 0 aliphatic carbocycles. The molecular formula is C19H28Cl2N2O2. The Morgan fingerprint density at radius 2 is 1.64 bits per heavy atom. The van der Waals surface area contributed by atoms with Gasteiger partial charge in [0, 0.05) is 19.6 Å². The summed E-state index contributed by atoms with van der Waals surface area (Å²) in [7, 11) is 5.82. The minimum Gasteiger partial charge on any atom is -0.493 e. The van der Waals surface area contributed by atoms with Crippen molar-refractivity contribution in [3.05, 3.63) is 59.7 Å². The van der Waals surface area contributed by atoms with Crippen molar-refractivity contribution in [2.45, 2.75) is 13.2 Å². The van der Waals surface area contributed by atoms with Crippen LogP contribution in [0.2, 0.25) is 0 Å². The maximum absolute atomic E-state index is 5.87. The van der Waals surface area contributed by atoms with Crippen LogP contribution in [0.15, 0.2) is 48.5 Å². The number of benzene rings is 2. The van der Waals surface area contributed by atoms with Gasteiger partial charge in [-0.05, 0) is 37.4 Å². The highest BCUT2D eigenvalue weighted by atomic mass is 35.5. The second-order valence-electron chi connectivity index (χ2n) is 5.74. The predicted octanol–water partition coefficient (Wildman–Crippen LogP) is 3.77. The van der Waals surface area contributed by atoms with Gasteiger partial charge in [-0.2, -0.15) is 0 Å². The molecule has 0 bridgehead atoms. The third-order valence-corrected chi connectivity index (χ3v) is 3.53. The molecule has 0 spiro atoms. The number of nitrogens with zero attached hydrogens (tertiary/aromatic N) is 1. The largest absolute Gasteiger partial charge is 0.493 e. The van der Waals surface area contributed by atoms with Gasteiger partial charge in [0.05, 0.1) is 7.11 Å². The molecule has 0 aliphatic rings. The number of halogens is 2. The number of rotatable bonds is 9. The van der Waals surface area contributed by atoms with E-state index < -0.39 is 0 Å². The Bertz CT molecular complexity index is 595. The van der Waals surface area contributed by atoms with Gasteiger partial charge in [-0.3, -0.25) is 0 Å². The molecular weight excluding hydrogens is 359 g/mol. The molecule has 0 unspecified atom stereocenters. The first kappa shape index (κ1) is 23.5. The minimum atomic E-state index is 0. The molecule has 0 fully saturated rings.